The monoisotopic (exact) mass is 312 g/mol. The molecule has 1 rings (SSSR count). The van der Waals surface area contributed by atoms with E-state index in [1.807, 2.05) is 52.0 Å². The number of ether oxygens (including phenoxy) is 1. The highest BCUT2D eigenvalue weighted by Crippen LogP contribution is 2.09. The Kier molecular flexibility index (Phi) is 6.99. The fourth-order valence-electron chi connectivity index (χ4n) is 1.76. The van der Waals surface area contributed by atoms with Gasteiger partial charge in [0.05, 0.1) is 0 Å². The summed E-state index contributed by atoms with van der Waals surface area (Å²) in [5, 5.41) is 6.93. The van der Waals surface area contributed by atoms with Gasteiger partial charge in [-0.1, -0.05) is 30.7 Å². The first-order valence-corrected chi connectivity index (χ1v) is 7.62. The molecule has 0 saturated carbocycles. The first-order chi connectivity index (χ1) is 9.80. The van der Waals surface area contributed by atoms with Crippen LogP contribution in [0.2, 0.25) is 5.02 Å². The largest absolute Gasteiger partial charge is 0.444 e. The average Bonchev–Trinajstić information content (AvgIpc) is 2.37. The van der Waals surface area contributed by atoms with E-state index in [0.717, 1.165) is 23.6 Å². The quantitative estimate of drug-likeness (QED) is 0.841. The minimum absolute atomic E-state index is 0.0483. The van der Waals surface area contributed by atoms with Gasteiger partial charge in [0, 0.05) is 24.2 Å². The molecule has 1 amide bonds. The van der Waals surface area contributed by atoms with Crippen molar-refractivity contribution in [2.45, 2.75) is 52.3 Å². The van der Waals surface area contributed by atoms with E-state index < -0.39 is 5.60 Å². The van der Waals surface area contributed by atoms with Gasteiger partial charge in [-0.05, 0) is 44.9 Å². The number of amides is 1. The molecule has 21 heavy (non-hydrogen) atoms. The molecule has 0 heterocycles. The molecular weight excluding hydrogens is 288 g/mol. The zero-order valence-electron chi connectivity index (χ0n) is 13.2. The molecule has 0 aromatic heterocycles. The lowest BCUT2D eigenvalue weighted by Gasteiger charge is -2.23. The van der Waals surface area contributed by atoms with Crippen LogP contribution in [0.1, 0.15) is 39.7 Å². The number of carbonyl (C=O) groups excluding carboxylic acids is 1. The second-order valence-corrected chi connectivity index (χ2v) is 6.45. The predicted octanol–water partition coefficient (Wildman–Crippen LogP) is 3.73. The van der Waals surface area contributed by atoms with Gasteiger partial charge >= 0.3 is 6.09 Å². The van der Waals surface area contributed by atoms with Crippen LogP contribution in [0.5, 0.6) is 0 Å². The Morgan fingerprint density at radius 3 is 2.43 bits per heavy atom. The zero-order valence-corrected chi connectivity index (χ0v) is 14.0. The van der Waals surface area contributed by atoms with Gasteiger partial charge in [0.2, 0.25) is 0 Å². The molecule has 0 radical (unpaired) electrons. The van der Waals surface area contributed by atoms with E-state index in [9.17, 15) is 4.79 Å². The van der Waals surface area contributed by atoms with E-state index in [2.05, 4.69) is 10.6 Å². The van der Waals surface area contributed by atoms with Crippen LogP contribution in [0.25, 0.3) is 0 Å². The Morgan fingerprint density at radius 1 is 1.29 bits per heavy atom. The molecule has 0 spiro atoms. The third-order valence-electron chi connectivity index (χ3n) is 2.85. The third-order valence-corrected chi connectivity index (χ3v) is 3.10. The summed E-state index contributed by atoms with van der Waals surface area (Å²) in [4.78, 5) is 11.7. The number of hydrogen-bond acceptors (Lipinski definition) is 3. The van der Waals surface area contributed by atoms with Crippen molar-refractivity contribution in [3.8, 4) is 0 Å². The van der Waals surface area contributed by atoms with Crippen molar-refractivity contribution in [1.82, 2.24) is 10.6 Å². The van der Waals surface area contributed by atoms with Crippen molar-refractivity contribution >= 4 is 17.7 Å². The summed E-state index contributed by atoms with van der Waals surface area (Å²) < 4.78 is 5.26. The van der Waals surface area contributed by atoms with Crippen LogP contribution in [-0.2, 0) is 11.3 Å². The van der Waals surface area contributed by atoms with E-state index in [1.165, 1.54) is 0 Å². The second kappa shape index (κ2) is 8.25. The third kappa shape index (κ3) is 7.93. The van der Waals surface area contributed by atoms with Crippen LogP contribution in [0, 0.1) is 0 Å². The van der Waals surface area contributed by atoms with E-state index >= 15 is 0 Å². The Bertz CT molecular complexity index is 441. The molecule has 118 valence electrons. The Labute approximate surface area is 132 Å². The summed E-state index contributed by atoms with van der Waals surface area (Å²) in [6, 6.07) is 7.76. The van der Waals surface area contributed by atoms with Crippen LogP contribution in [0.15, 0.2) is 24.3 Å². The van der Waals surface area contributed by atoms with E-state index in [0.29, 0.717) is 6.54 Å². The molecule has 0 aliphatic rings. The molecule has 0 saturated heterocycles. The molecule has 1 atom stereocenters. The lowest BCUT2D eigenvalue weighted by molar-refractivity contribution is 0.0502. The first-order valence-electron chi connectivity index (χ1n) is 7.25. The Balaban J connectivity index is 2.34. The predicted molar refractivity (Wildman–Crippen MR) is 86.6 cm³/mol. The highest BCUT2D eigenvalue weighted by Gasteiger charge is 2.18. The number of hydrogen-bond donors (Lipinski definition) is 2. The van der Waals surface area contributed by atoms with Crippen LogP contribution in [0.3, 0.4) is 0 Å². The van der Waals surface area contributed by atoms with Crippen LogP contribution < -0.4 is 10.6 Å². The number of rotatable bonds is 6. The molecular formula is C16H25ClN2O2. The van der Waals surface area contributed by atoms with E-state index in [4.69, 9.17) is 16.3 Å². The maximum atomic E-state index is 11.7. The van der Waals surface area contributed by atoms with Gasteiger partial charge in [-0.25, -0.2) is 4.79 Å². The molecule has 0 aliphatic carbocycles. The molecule has 1 unspecified atom stereocenters. The van der Waals surface area contributed by atoms with Crippen molar-refractivity contribution in [3.63, 3.8) is 0 Å². The fraction of sp³-hybridized carbons (Fsp3) is 0.562. The average molecular weight is 313 g/mol. The summed E-state index contributed by atoms with van der Waals surface area (Å²) in [7, 11) is 0. The summed E-state index contributed by atoms with van der Waals surface area (Å²) in [6.07, 6.45) is 0.468. The van der Waals surface area contributed by atoms with Gasteiger partial charge in [0.15, 0.2) is 0 Å². The van der Waals surface area contributed by atoms with Crippen molar-refractivity contribution in [2.24, 2.45) is 0 Å². The number of alkyl carbamates (subject to hydrolysis) is 1. The number of nitrogens with one attached hydrogen (secondary N) is 2. The van der Waals surface area contributed by atoms with Gasteiger partial charge < -0.3 is 15.4 Å². The zero-order chi connectivity index (χ0) is 15.9. The number of benzene rings is 1. The van der Waals surface area contributed by atoms with Gasteiger partial charge in [0.1, 0.15) is 5.60 Å². The molecule has 0 bridgehead atoms. The maximum absolute atomic E-state index is 11.7. The molecule has 1 aromatic rings. The van der Waals surface area contributed by atoms with Crippen LogP contribution in [0.4, 0.5) is 4.79 Å². The SMILES string of the molecule is CCC(CNCc1ccc(Cl)cc1)NC(=O)OC(C)(C)C. The van der Waals surface area contributed by atoms with E-state index in [-0.39, 0.29) is 12.1 Å². The maximum Gasteiger partial charge on any atom is 0.407 e. The van der Waals surface area contributed by atoms with Gasteiger partial charge in [-0.15, -0.1) is 0 Å². The van der Waals surface area contributed by atoms with Crippen LogP contribution in [-0.4, -0.2) is 24.3 Å². The summed E-state index contributed by atoms with van der Waals surface area (Å²) >= 11 is 5.85. The normalized spacial score (nSPS) is 12.8. The first kappa shape index (κ1) is 17.8. The Morgan fingerprint density at radius 2 is 1.90 bits per heavy atom. The molecule has 0 aliphatic heterocycles. The molecule has 2 N–H and O–H groups in total. The summed E-state index contributed by atoms with van der Waals surface area (Å²) in [5.41, 5.74) is 0.686. The van der Waals surface area contributed by atoms with Crippen molar-refractivity contribution < 1.29 is 9.53 Å². The Hall–Kier alpha value is -1.26. The number of halogens is 1. The van der Waals surface area contributed by atoms with Crippen molar-refractivity contribution in [3.05, 3.63) is 34.9 Å². The molecule has 4 nitrogen and oxygen atoms in total. The standard InChI is InChI=1S/C16H25ClN2O2/c1-5-14(19-15(20)21-16(2,3)4)11-18-10-12-6-8-13(17)9-7-12/h6-9,14,18H,5,10-11H2,1-4H3,(H,19,20). The van der Waals surface area contributed by atoms with Crippen molar-refractivity contribution in [2.75, 3.05) is 6.54 Å². The molecule has 0 fully saturated rings. The number of carbonyl (C=O) groups is 1. The lowest BCUT2D eigenvalue weighted by Crippen LogP contribution is -2.43. The minimum atomic E-state index is -0.473. The highest BCUT2D eigenvalue weighted by atomic mass is 35.5. The topological polar surface area (TPSA) is 50.4 Å². The molecule has 1 aromatic carbocycles. The molecule has 5 heteroatoms. The highest BCUT2D eigenvalue weighted by molar-refractivity contribution is 6.30. The van der Waals surface area contributed by atoms with Gasteiger partial charge in [-0.3, -0.25) is 0 Å². The fourth-order valence-corrected chi connectivity index (χ4v) is 1.89. The van der Waals surface area contributed by atoms with Gasteiger partial charge in [-0.2, -0.15) is 0 Å². The summed E-state index contributed by atoms with van der Waals surface area (Å²) in [6.45, 7) is 9.03. The van der Waals surface area contributed by atoms with Crippen LogP contribution >= 0.6 is 11.6 Å². The smallest absolute Gasteiger partial charge is 0.407 e. The van der Waals surface area contributed by atoms with Crippen molar-refractivity contribution in [1.29, 1.82) is 0 Å². The minimum Gasteiger partial charge on any atom is -0.444 e. The summed E-state index contributed by atoms with van der Waals surface area (Å²) in [5.74, 6) is 0. The second-order valence-electron chi connectivity index (χ2n) is 6.01. The van der Waals surface area contributed by atoms with E-state index in [1.54, 1.807) is 0 Å². The van der Waals surface area contributed by atoms with Gasteiger partial charge in [0.25, 0.3) is 0 Å². The lowest BCUT2D eigenvalue weighted by atomic mass is 10.2.